The summed E-state index contributed by atoms with van der Waals surface area (Å²) < 4.78 is 8.10. The van der Waals surface area contributed by atoms with Crippen LogP contribution in [0, 0.1) is 89.2 Å². The number of nitriles is 4. The van der Waals surface area contributed by atoms with Gasteiger partial charge in [-0.3, -0.25) is 9.36 Å². The van der Waals surface area contributed by atoms with Crippen LogP contribution in [0.1, 0.15) is 28.1 Å². The molecule has 0 aliphatic rings. The number of aromatic nitrogens is 10. The zero-order valence-electron chi connectivity index (χ0n) is 43.2. The molecule has 0 aliphatic heterocycles. The van der Waals surface area contributed by atoms with Crippen LogP contribution in [0.4, 0.5) is 5.82 Å². The van der Waals surface area contributed by atoms with E-state index in [1.807, 2.05) is 134 Å². The molecule has 0 unspecified atom stereocenters. The molecular weight excluding hydrogens is 1930 g/mol. The molecule has 0 saturated carbocycles. The minimum absolute atomic E-state index is 0. The van der Waals surface area contributed by atoms with Gasteiger partial charge < -0.3 is 4.85 Å². The van der Waals surface area contributed by atoms with Crippen LogP contribution in [0.5, 0.6) is 0 Å². The van der Waals surface area contributed by atoms with E-state index >= 15 is 0 Å². The van der Waals surface area contributed by atoms with Gasteiger partial charge in [-0.1, -0.05) is 79.7 Å². The van der Waals surface area contributed by atoms with Crippen molar-refractivity contribution in [3.8, 4) is 75.0 Å². The number of benzene rings is 7. The second-order valence-electron chi connectivity index (χ2n) is 16.1. The van der Waals surface area contributed by atoms with Crippen LogP contribution in [0.15, 0.2) is 225 Å². The predicted molar refractivity (Wildman–Crippen MR) is 293 cm³/mol. The van der Waals surface area contributed by atoms with E-state index in [-0.39, 0.29) is 101 Å². The first kappa shape index (κ1) is 68.6. The molecule has 0 fully saturated rings. The molecule has 0 saturated heterocycles. The molecule has 0 atom stereocenters. The van der Waals surface area contributed by atoms with Crippen LogP contribution in [-0.2, 0) is 101 Å². The summed E-state index contributed by atoms with van der Waals surface area (Å²) in [7, 11) is 0. The van der Waals surface area contributed by atoms with Gasteiger partial charge in [0.2, 0.25) is 0 Å². The molecule has 12 aromatic rings. The molecule has 15 nitrogen and oxygen atoms in total. The molecule has 5 heterocycles. The van der Waals surface area contributed by atoms with Crippen molar-refractivity contribution in [3.63, 3.8) is 0 Å². The summed E-state index contributed by atoms with van der Waals surface area (Å²) in [5, 5.41) is 55.7. The van der Waals surface area contributed by atoms with Crippen LogP contribution < -0.4 is 0 Å². The third kappa shape index (κ3) is 18.9. The summed E-state index contributed by atoms with van der Waals surface area (Å²) in [5.74, 6) is 0.385. The van der Waals surface area contributed by atoms with Crippen molar-refractivity contribution in [3.05, 3.63) is 295 Å². The van der Waals surface area contributed by atoms with E-state index in [0.717, 1.165) is 50.6 Å². The summed E-state index contributed by atoms with van der Waals surface area (Å²) in [6, 6.07) is 80.8. The Bertz CT molecular complexity index is 4090. The van der Waals surface area contributed by atoms with Crippen molar-refractivity contribution in [2.24, 2.45) is 0 Å². The van der Waals surface area contributed by atoms with Crippen LogP contribution in [0.25, 0.3) is 55.5 Å². The molecule has 12 rings (SSSR count). The second-order valence-corrected chi connectivity index (χ2v) is 16.1. The van der Waals surface area contributed by atoms with E-state index < -0.39 is 0 Å². The van der Waals surface area contributed by atoms with Crippen molar-refractivity contribution >= 4 is 5.82 Å². The Kier molecular flexibility index (Phi) is 29.7. The zero-order chi connectivity index (χ0) is 54.3. The first-order chi connectivity index (χ1) is 38.4. The fraction of sp³-hybridized carbons (Fsp3) is 0.0159. The van der Waals surface area contributed by atoms with Gasteiger partial charge in [0.25, 0.3) is 5.82 Å². The molecule has 0 aliphatic carbocycles. The van der Waals surface area contributed by atoms with Gasteiger partial charge >= 0.3 is 0 Å². The Morgan fingerprint density at radius 2 is 1.07 bits per heavy atom. The number of hydrogen-bond acceptors (Lipinski definition) is 9. The van der Waals surface area contributed by atoms with Crippen molar-refractivity contribution in [1.29, 1.82) is 21.0 Å². The van der Waals surface area contributed by atoms with E-state index in [9.17, 15) is 0 Å². The standard InChI is InChI=1S/2C16H10N3.C11H8N3.2C10H6N3.5Ir/c1-17-16-11-12-19(18-16)15-10-6-5-9-14(15)13-7-3-2-4-8-13;17-10-13-11-18-19(12-13)16-8-4-7-15(9-16)14-5-2-1-3-6-14;1-9-3-2-4-10(7-9)14-11(8-12)5-6-13-14;11-8-9-4-1-2-5-10(9)13-7-3-6-12-13;11-8-10-6-7-12-13(10)9-4-2-1-3-5-9;;;;;/h2-9,11-12H;1-7,9,11-12H;2-3,5-7H,1H3;2*1-4,6-7H;;;;;/q5*-1;;;;;. The third-order valence-electron chi connectivity index (χ3n) is 11.0. The minimum Gasteiger partial charge on any atom is -0.359 e. The number of rotatable bonds is 7. The Morgan fingerprint density at radius 1 is 0.458 bits per heavy atom. The van der Waals surface area contributed by atoms with E-state index in [1.165, 1.54) is 0 Å². The molecule has 5 aromatic heterocycles. The summed E-state index contributed by atoms with van der Waals surface area (Å²) in [6.07, 6.45) is 11.7. The predicted octanol–water partition coefficient (Wildman–Crippen LogP) is 12.0. The Labute approximate surface area is 548 Å². The quantitative estimate of drug-likeness (QED) is 0.140. The van der Waals surface area contributed by atoms with E-state index in [2.05, 4.69) is 97.1 Å². The van der Waals surface area contributed by atoms with Crippen molar-refractivity contribution in [1.82, 2.24) is 48.9 Å². The van der Waals surface area contributed by atoms with Gasteiger partial charge in [-0.05, 0) is 68.9 Å². The molecule has 0 N–H and O–H groups in total. The topological polar surface area (TPSA) is 189 Å². The van der Waals surface area contributed by atoms with Gasteiger partial charge in [-0.2, -0.15) is 156 Å². The summed E-state index contributed by atoms with van der Waals surface area (Å²) in [5.41, 5.74) is 11.6. The van der Waals surface area contributed by atoms with Crippen molar-refractivity contribution < 1.29 is 101 Å². The van der Waals surface area contributed by atoms with E-state index in [1.54, 1.807) is 109 Å². The fourth-order valence-electron chi connectivity index (χ4n) is 7.35. The first-order valence-electron chi connectivity index (χ1n) is 23.7. The van der Waals surface area contributed by atoms with E-state index in [4.69, 9.17) is 27.6 Å². The van der Waals surface area contributed by atoms with Gasteiger partial charge in [-0.15, -0.1) is 29.3 Å². The number of nitrogens with zero attached hydrogens (tertiary/aromatic N) is 15. The van der Waals surface area contributed by atoms with E-state index in [0.29, 0.717) is 34.0 Å². The molecule has 0 spiro atoms. The fourth-order valence-corrected chi connectivity index (χ4v) is 7.35. The van der Waals surface area contributed by atoms with Gasteiger partial charge in [0.05, 0.1) is 24.2 Å². The summed E-state index contributed by atoms with van der Waals surface area (Å²) in [4.78, 5) is 3.32. The maximum Gasteiger partial charge on any atom is 0.295 e. The molecule has 5 radical (unpaired) electrons. The SMILES string of the molecule is Cc1cc[c-]c(-n2nccc2C#N)c1.N#Cc1ccc[c-]c1-n1cccn1.N#Cc1ccnn1-c1[c-]cccc1.N#Cc1cnn(-c2[c-]ccc(-c3ccccc3)c2)c1.[C-]#[N+]c1ccn(-c2[c-]cccc2-c2ccccc2)n1.[Ir].[Ir].[Ir].[Ir].[Ir]. The smallest absolute Gasteiger partial charge is 0.295 e. The normalized spacial score (nSPS) is 9.20. The van der Waals surface area contributed by atoms with Gasteiger partial charge in [0.1, 0.15) is 29.6 Å². The zero-order valence-corrected chi connectivity index (χ0v) is 55.2. The average Bonchev–Trinajstić information content (AvgIpc) is 4.42. The number of hydrogen-bond donors (Lipinski definition) is 0. The summed E-state index contributed by atoms with van der Waals surface area (Å²) in [6.45, 7) is 8.97. The van der Waals surface area contributed by atoms with Gasteiger partial charge in [0, 0.05) is 131 Å². The number of para-hydroxylation sites is 3. The minimum atomic E-state index is 0. The molecule has 0 bridgehead atoms. The molecule has 7 aromatic carbocycles. The van der Waals surface area contributed by atoms with Crippen LogP contribution >= 0.6 is 0 Å². The molecule has 20 heteroatoms. The number of aryl methyl sites for hydroxylation is 1. The second kappa shape index (κ2) is 35.9. The molecule has 417 valence electrons. The van der Waals surface area contributed by atoms with Gasteiger partial charge in [0.15, 0.2) is 0 Å². The maximum atomic E-state index is 8.82. The van der Waals surface area contributed by atoms with Crippen LogP contribution in [-0.4, -0.2) is 48.9 Å². The summed E-state index contributed by atoms with van der Waals surface area (Å²) >= 11 is 0. The van der Waals surface area contributed by atoms with Crippen LogP contribution in [0.3, 0.4) is 0 Å². The van der Waals surface area contributed by atoms with Crippen molar-refractivity contribution in [2.75, 3.05) is 0 Å². The molecule has 83 heavy (non-hydrogen) atoms. The van der Waals surface area contributed by atoms with Gasteiger partial charge in [-0.25, -0.2) is 14.6 Å². The molecular formula is C63H40Ir5N15-5. The molecule has 0 amide bonds. The third-order valence-corrected chi connectivity index (χ3v) is 11.0. The Hall–Kier alpha value is -8.71. The first-order valence-corrected chi connectivity index (χ1v) is 23.7. The Balaban J connectivity index is 0.000000271. The average molecular weight is 1970 g/mol. The Morgan fingerprint density at radius 3 is 1.66 bits per heavy atom. The monoisotopic (exact) mass is 1970 g/mol. The largest absolute Gasteiger partial charge is 0.359 e. The maximum absolute atomic E-state index is 8.82. The van der Waals surface area contributed by atoms with Crippen molar-refractivity contribution in [2.45, 2.75) is 6.92 Å². The van der Waals surface area contributed by atoms with Crippen LogP contribution in [0.2, 0.25) is 0 Å².